The number of aliphatic carboxylic acids is 2. The van der Waals surface area contributed by atoms with E-state index in [1.807, 2.05) is 60.7 Å². The molecule has 2 rings (SSSR count). The highest BCUT2D eigenvalue weighted by atomic mass is 32.1. The Kier molecular flexibility index (Phi) is 7.27. The second-order valence-electron chi connectivity index (χ2n) is 5.93. The molecule has 0 aliphatic heterocycles. The third-order valence-electron chi connectivity index (χ3n) is 3.97. The molecule has 0 aliphatic rings. The molecule has 8 heteroatoms. The highest BCUT2D eigenvalue weighted by Crippen LogP contribution is 2.26. The molecule has 0 radical (unpaired) electrons. The lowest BCUT2D eigenvalue weighted by Crippen LogP contribution is -2.49. The predicted octanol–water partition coefficient (Wildman–Crippen LogP) is 1.82. The number of carboxylic acid groups (broad SMARTS) is 2. The fourth-order valence-electron chi connectivity index (χ4n) is 2.62. The van der Waals surface area contributed by atoms with Gasteiger partial charge in [-0.2, -0.15) is 0 Å². The zero-order chi connectivity index (χ0) is 19.8. The molecule has 0 aromatic heterocycles. The fourth-order valence-corrected chi connectivity index (χ4v) is 2.89. The molecule has 0 saturated carbocycles. The topological polar surface area (TPSA) is 125 Å². The van der Waals surface area contributed by atoms with E-state index in [4.69, 9.17) is 23.1 Å². The largest absolute Gasteiger partial charge is 0.481 e. The van der Waals surface area contributed by atoms with Crippen molar-refractivity contribution in [2.45, 2.75) is 24.5 Å². The maximum absolute atomic E-state index is 11.2. The first-order valence-corrected chi connectivity index (χ1v) is 8.66. The highest BCUT2D eigenvalue weighted by molar-refractivity contribution is 7.80. The lowest BCUT2D eigenvalue weighted by Gasteiger charge is -2.28. The van der Waals surface area contributed by atoms with Gasteiger partial charge in [0.05, 0.1) is 18.5 Å². The Morgan fingerprint density at radius 3 is 1.93 bits per heavy atom. The quantitative estimate of drug-likeness (QED) is 0.435. The molecule has 2 aromatic rings. The van der Waals surface area contributed by atoms with E-state index in [1.54, 1.807) is 0 Å². The Morgan fingerprint density at radius 2 is 1.44 bits per heavy atom. The van der Waals surface area contributed by atoms with Gasteiger partial charge >= 0.3 is 11.9 Å². The summed E-state index contributed by atoms with van der Waals surface area (Å²) >= 11 is 5.21. The second-order valence-corrected chi connectivity index (χ2v) is 6.34. The van der Waals surface area contributed by atoms with Crippen LogP contribution in [0, 0.1) is 0 Å². The Morgan fingerprint density at radius 1 is 0.926 bits per heavy atom. The molecule has 0 fully saturated rings. The van der Waals surface area contributed by atoms with Crippen LogP contribution >= 0.6 is 12.2 Å². The summed E-state index contributed by atoms with van der Waals surface area (Å²) in [7, 11) is 0. The van der Waals surface area contributed by atoms with Gasteiger partial charge in [-0.15, -0.1) is 0 Å². The summed E-state index contributed by atoms with van der Waals surface area (Å²) < 4.78 is 0. The molecule has 7 nitrogen and oxygen atoms in total. The zero-order valence-electron chi connectivity index (χ0n) is 14.4. The first-order valence-electron chi connectivity index (χ1n) is 8.25. The van der Waals surface area contributed by atoms with Gasteiger partial charge < -0.3 is 26.6 Å². The first-order chi connectivity index (χ1) is 12.9. The lowest BCUT2D eigenvalue weighted by atomic mass is 9.94. The fraction of sp³-hybridized carbons (Fsp3) is 0.211. The van der Waals surface area contributed by atoms with Gasteiger partial charge in [-0.1, -0.05) is 60.7 Å². The maximum atomic E-state index is 11.2. The average molecular weight is 387 g/mol. The van der Waals surface area contributed by atoms with Crippen LogP contribution in [0.1, 0.15) is 29.6 Å². The van der Waals surface area contributed by atoms with Gasteiger partial charge in [0, 0.05) is 0 Å². The smallest absolute Gasteiger partial charge is 0.326 e. The van der Waals surface area contributed by atoms with Crippen molar-refractivity contribution in [2.75, 3.05) is 0 Å². The highest BCUT2D eigenvalue weighted by Gasteiger charge is 2.25. The van der Waals surface area contributed by atoms with Gasteiger partial charge in [0.25, 0.3) is 0 Å². The molecule has 0 amide bonds. The van der Waals surface area contributed by atoms with Gasteiger partial charge in [-0.25, -0.2) is 4.79 Å². The normalized spacial score (nSPS) is 13.8. The Balaban J connectivity index is 2.20. The van der Waals surface area contributed by atoms with Crippen LogP contribution in [0.3, 0.4) is 0 Å². The van der Waals surface area contributed by atoms with Gasteiger partial charge in [-0.05, 0) is 23.3 Å². The van der Waals surface area contributed by atoms with Crippen molar-refractivity contribution in [1.29, 1.82) is 0 Å². The summed E-state index contributed by atoms with van der Waals surface area (Å²) in [6.45, 7) is 0. The van der Waals surface area contributed by atoms with Crippen LogP contribution < -0.4 is 16.4 Å². The molecule has 0 unspecified atom stereocenters. The molecule has 3 atom stereocenters. The van der Waals surface area contributed by atoms with Crippen molar-refractivity contribution < 1.29 is 19.8 Å². The molecule has 0 heterocycles. The van der Waals surface area contributed by atoms with Crippen molar-refractivity contribution >= 4 is 29.3 Å². The Bertz CT molecular complexity index is 786. The molecule has 6 N–H and O–H groups in total. The predicted molar refractivity (Wildman–Crippen MR) is 105 cm³/mol. The first kappa shape index (κ1) is 20.3. The third-order valence-corrected chi connectivity index (χ3v) is 4.21. The lowest BCUT2D eigenvalue weighted by molar-refractivity contribution is -0.145. The Hall–Kier alpha value is -2.97. The van der Waals surface area contributed by atoms with Crippen molar-refractivity contribution in [1.82, 2.24) is 10.6 Å². The van der Waals surface area contributed by atoms with Crippen LogP contribution in [0.5, 0.6) is 0 Å². The number of carboxylic acids is 2. The van der Waals surface area contributed by atoms with E-state index in [2.05, 4.69) is 10.6 Å². The number of hydrogen-bond donors (Lipinski definition) is 5. The van der Waals surface area contributed by atoms with Crippen LogP contribution in [0.15, 0.2) is 60.7 Å². The molecule has 0 aliphatic carbocycles. The summed E-state index contributed by atoms with van der Waals surface area (Å²) in [5.41, 5.74) is 8.17. The number of nitrogens with two attached hydrogens (primary N) is 1. The minimum Gasteiger partial charge on any atom is -0.481 e. The van der Waals surface area contributed by atoms with E-state index in [0.29, 0.717) is 0 Å². The average Bonchev–Trinajstić information content (AvgIpc) is 2.66. The van der Waals surface area contributed by atoms with Gasteiger partial charge in [0.1, 0.15) is 6.04 Å². The van der Waals surface area contributed by atoms with E-state index in [0.717, 1.165) is 11.1 Å². The number of benzene rings is 2. The SMILES string of the molecule is N[C@H](c1ccccc1)[C@H](NC(=S)N[C@@H](CC(=O)O)C(=O)O)c1ccccc1. The molecule has 27 heavy (non-hydrogen) atoms. The number of rotatable bonds is 8. The molecule has 0 saturated heterocycles. The van der Waals surface area contributed by atoms with E-state index >= 15 is 0 Å². The summed E-state index contributed by atoms with van der Waals surface area (Å²) in [5, 5.41) is 23.6. The zero-order valence-corrected chi connectivity index (χ0v) is 15.2. The minimum absolute atomic E-state index is 0.0175. The summed E-state index contributed by atoms with van der Waals surface area (Å²) in [6, 6.07) is 16.6. The van der Waals surface area contributed by atoms with Crippen LogP contribution in [-0.2, 0) is 9.59 Å². The minimum atomic E-state index is -1.34. The van der Waals surface area contributed by atoms with E-state index in [-0.39, 0.29) is 5.11 Å². The monoisotopic (exact) mass is 387 g/mol. The second kappa shape index (κ2) is 9.65. The molecule has 2 aromatic carbocycles. The number of carbonyl (C=O) groups is 2. The van der Waals surface area contributed by atoms with Crippen LogP contribution in [0.2, 0.25) is 0 Å². The van der Waals surface area contributed by atoms with E-state index < -0.39 is 36.5 Å². The summed E-state index contributed by atoms with van der Waals surface area (Å²) in [4.78, 5) is 22.1. The number of nitrogens with one attached hydrogen (secondary N) is 2. The van der Waals surface area contributed by atoms with Crippen molar-refractivity contribution in [3.05, 3.63) is 71.8 Å². The van der Waals surface area contributed by atoms with Crippen molar-refractivity contribution in [3.63, 3.8) is 0 Å². The van der Waals surface area contributed by atoms with Gasteiger partial charge in [0.2, 0.25) is 0 Å². The summed E-state index contributed by atoms with van der Waals surface area (Å²) in [6.07, 6.45) is -0.599. The standard InChI is InChI=1S/C19H21N3O4S/c20-16(12-7-3-1-4-8-12)17(13-9-5-2-6-10-13)22-19(27)21-14(18(25)26)11-15(23)24/h1-10,14,16-17H,11,20H2,(H,23,24)(H,25,26)(H2,21,22,27)/t14-,16+,17+/m0/s1. The molecule has 0 bridgehead atoms. The van der Waals surface area contributed by atoms with Crippen LogP contribution in [0.25, 0.3) is 0 Å². The van der Waals surface area contributed by atoms with Gasteiger partial charge in [0.15, 0.2) is 5.11 Å². The number of hydrogen-bond acceptors (Lipinski definition) is 4. The number of thiocarbonyl (C=S) groups is 1. The third kappa shape index (κ3) is 6.05. The van der Waals surface area contributed by atoms with E-state index in [1.165, 1.54) is 0 Å². The van der Waals surface area contributed by atoms with Crippen molar-refractivity contribution in [2.24, 2.45) is 5.73 Å². The van der Waals surface area contributed by atoms with Crippen molar-refractivity contribution in [3.8, 4) is 0 Å². The van der Waals surface area contributed by atoms with Gasteiger partial charge in [-0.3, -0.25) is 4.79 Å². The van der Waals surface area contributed by atoms with Crippen LogP contribution in [-0.4, -0.2) is 33.3 Å². The van der Waals surface area contributed by atoms with E-state index in [9.17, 15) is 14.7 Å². The molecule has 0 spiro atoms. The maximum Gasteiger partial charge on any atom is 0.326 e. The Labute approximate surface area is 162 Å². The van der Waals surface area contributed by atoms with Crippen LogP contribution in [0.4, 0.5) is 0 Å². The molecule has 142 valence electrons. The summed E-state index contributed by atoms with van der Waals surface area (Å²) in [5.74, 6) is -2.54. The molecular weight excluding hydrogens is 366 g/mol. The molecular formula is C19H21N3O4S.